The molecule has 0 spiro atoms. The number of carbonyl (C=O) groups excluding carboxylic acids is 1. The fourth-order valence-electron chi connectivity index (χ4n) is 4.85. The fourth-order valence-corrected chi connectivity index (χ4v) is 4.85. The van der Waals surface area contributed by atoms with Crippen molar-refractivity contribution in [3.8, 4) is 0 Å². The largest absolute Gasteiger partial charge is 0.340 e. The molecule has 180 valence electrons. The molecule has 1 aliphatic heterocycles. The summed E-state index contributed by atoms with van der Waals surface area (Å²) >= 11 is 0. The lowest BCUT2D eigenvalue weighted by Crippen LogP contribution is -2.36. The maximum atomic E-state index is 13.7. The molecule has 1 amide bonds. The molecule has 7 nitrogen and oxygen atoms in total. The fraction of sp³-hybridized carbons (Fsp3) is 0.214. The minimum absolute atomic E-state index is 0.151. The molecule has 5 aromatic rings. The highest BCUT2D eigenvalue weighted by molar-refractivity contribution is 5.94. The summed E-state index contributed by atoms with van der Waals surface area (Å²) in [5.74, 6) is 1.04. The van der Waals surface area contributed by atoms with E-state index in [0.29, 0.717) is 31.6 Å². The van der Waals surface area contributed by atoms with Crippen molar-refractivity contribution in [1.29, 1.82) is 0 Å². The van der Waals surface area contributed by atoms with E-state index in [2.05, 4.69) is 31.6 Å². The predicted molar refractivity (Wildman–Crippen MR) is 137 cm³/mol. The first-order valence-electron chi connectivity index (χ1n) is 12.1. The van der Waals surface area contributed by atoms with E-state index in [1.807, 2.05) is 42.5 Å². The summed E-state index contributed by atoms with van der Waals surface area (Å²) in [4.78, 5) is 22.1. The van der Waals surface area contributed by atoms with Gasteiger partial charge in [0.1, 0.15) is 11.6 Å². The van der Waals surface area contributed by atoms with Gasteiger partial charge in [0.2, 0.25) is 5.95 Å². The molecular formula is C28H25FN6O. The zero-order chi connectivity index (χ0) is 24.5. The monoisotopic (exact) mass is 480 g/mol. The summed E-state index contributed by atoms with van der Waals surface area (Å²) in [5, 5.41) is 10.1. The van der Waals surface area contributed by atoms with Crippen molar-refractivity contribution in [2.24, 2.45) is 0 Å². The van der Waals surface area contributed by atoms with Crippen molar-refractivity contribution in [2.45, 2.75) is 12.8 Å². The standard InChI is InChI=1S/C28H25FN6O/c29-22-11-6-10-21(19-22)27(36)33-14-7-15-34(17-16-33)28-30-24-13-5-4-12-23(24)26-32-31-25(35(26)28)18-20-8-2-1-3-9-20/h1-6,8-13,19H,7,14-18H2. The van der Waals surface area contributed by atoms with Crippen LogP contribution in [0.15, 0.2) is 78.9 Å². The minimum Gasteiger partial charge on any atom is -0.340 e. The SMILES string of the molecule is O=C(c1cccc(F)c1)N1CCCN(c2nc3ccccc3c3nnc(Cc4ccccc4)n23)CC1. The molecule has 0 saturated carbocycles. The van der Waals surface area contributed by atoms with Crippen LogP contribution in [0.4, 0.5) is 10.3 Å². The molecule has 1 saturated heterocycles. The van der Waals surface area contributed by atoms with Crippen LogP contribution in [0.2, 0.25) is 0 Å². The highest BCUT2D eigenvalue weighted by Crippen LogP contribution is 2.26. The summed E-state index contributed by atoms with van der Waals surface area (Å²) in [5.41, 5.74) is 3.15. The van der Waals surface area contributed by atoms with E-state index in [1.165, 1.54) is 12.1 Å². The number of carbonyl (C=O) groups is 1. The van der Waals surface area contributed by atoms with E-state index in [4.69, 9.17) is 4.98 Å². The quantitative estimate of drug-likeness (QED) is 0.382. The average Bonchev–Trinajstić information content (AvgIpc) is 3.17. The van der Waals surface area contributed by atoms with Crippen LogP contribution in [0.5, 0.6) is 0 Å². The molecule has 3 aromatic carbocycles. The van der Waals surface area contributed by atoms with Crippen LogP contribution in [0.3, 0.4) is 0 Å². The Balaban J connectivity index is 1.36. The number of halogens is 1. The van der Waals surface area contributed by atoms with E-state index in [1.54, 1.807) is 17.0 Å². The first-order chi connectivity index (χ1) is 17.7. The van der Waals surface area contributed by atoms with Gasteiger partial charge < -0.3 is 9.80 Å². The Kier molecular flexibility index (Phi) is 5.77. The number of anilines is 1. The first kappa shape index (κ1) is 22.2. The van der Waals surface area contributed by atoms with Gasteiger partial charge in [-0.2, -0.15) is 0 Å². The lowest BCUT2D eigenvalue weighted by atomic mass is 10.1. The molecule has 2 aromatic heterocycles. The van der Waals surface area contributed by atoms with Gasteiger partial charge in [0, 0.05) is 43.5 Å². The van der Waals surface area contributed by atoms with E-state index in [0.717, 1.165) is 46.9 Å². The van der Waals surface area contributed by atoms with Crippen molar-refractivity contribution in [2.75, 3.05) is 31.1 Å². The normalized spacial score (nSPS) is 14.4. The third kappa shape index (κ3) is 4.15. The van der Waals surface area contributed by atoms with Gasteiger partial charge in [-0.15, -0.1) is 10.2 Å². The molecule has 0 bridgehead atoms. The van der Waals surface area contributed by atoms with Crippen LogP contribution in [-0.2, 0) is 6.42 Å². The van der Waals surface area contributed by atoms with Crippen LogP contribution in [-0.4, -0.2) is 56.6 Å². The van der Waals surface area contributed by atoms with Gasteiger partial charge in [0.15, 0.2) is 5.65 Å². The molecule has 0 aliphatic carbocycles. The molecule has 0 atom stereocenters. The van der Waals surface area contributed by atoms with Crippen molar-refractivity contribution < 1.29 is 9.18 Å². The number of nitrogens with zero attached hydrogens (tertiary/aromatic N) is 6. The Labute approximate surface area is 207 Å². The van der Waals surface area contributed by atoms with Gasteiger partial charge in [-0.25, -0.2) is 13.8 Å². The molecule has 0 unspecified atom stereocenters. The average molecular weight is 481 g/mol. The Hall–Kier alpha value is -4.33. The summed E-state index contributed by atoms with van der Waals surface area (Å²) in [7, 11) is 0. The van der Waals surface area contributed by atoms with Crippen LogP contribution >= 0.6 is 0 Å². The number of aromatic nitrogens is 4. The Bertz CT molecular complexity index is 1550. The lowest BCUT2D eigenvalue weighted by Gasteiger charge is -2.24. The van der Waals surface area contributed by atoms with Crippen molar-refractivity contribution in [3.05, 3.63) is 102 Å². The molecule has 3 heterocycles. The van der Waals surface area contributed by atoms with Crippen molar-refractivity contribution in [3.63, 3.8) is 0 Å². The number of hydrogen-bond donors (Lipinski definition) is 0. The summed E-state index contributed by atoms with van der Waals surface area (Å²) < 4.78 is 15.8. The summed E-state index contributed by atoms with van der Waals surface area (Å²) in [6, 6.07) is 24.0. The second-order valence-corrected chi connectivity index (χ2v) is 9.01. The maximum absolute atomic E-state index is 13.7. The Morgan fingerprint density at radius 1 is 0.861 bits per heavy atom. The smallest absolute Gasteiger partial charge is 0.254 e. The zero-order valence-electron chi connectivity index (χ0n) is 19.7. The number of amides is 1. The third-order valence-corrected chi connectivity index (χ3v) is 6.64. The highest BCUT2D eigenvalue weighted by atomic mass is 19.1. The topological polar surface area (TPSA) is 66.6 Å². The van der Waals surface area contributed by atoms with Crippen molar-refractivity contribution >= 4 is 28.4 Å². The van der Waals surface area contributed by atoms with E-state index in [-0.39, 0.29) is 5.91 Å². The molecule has 1 aliphatic rings. The molecule has 0 radical (unpaired) electrons. The van der Waals surface area contributed by atoms with Gasteiger partial charge in [0.05, 0.1) is 5.52 Å². The van der Waals surface area contributed by atoms with Gasteiger partial charge >= 0.3 is 0 Å². The first-order valence-corrected chi connectivity index (χ1v) is 12.1. The number of benzene rings is 3. The molecule has 0 N–H and O–H groups in total. The number of fused-ring (bicyclic) bond motifs is 3. The van der Waals surface area contributed by atoms with Crippen LogP contribution in [0.1, 0.15) is 28.2 Å². The van der Waals surface area contributed by atoms with Crippen LogP contribution < -0.4 is 4.90 Å². The lowest BCUT2D eigenvalue weighted by molar-refractivity contribution is 0.0766. The predicted octanol–water partition coefficient (Wildman–Crippen LogP) is 4.36. The van der Waals surface area contributed by atoms with Crippen molar-refractivity contribution in [1.82, 2.24) is 24.5 Å². The third-order valence-electron chi connectivity index (χ3n) is 6.64. The molecule has 8 heteroatoms. The Morgan fingerprint density at radius 3 is 2.56 bits per heavy atom. The van der Waals surface area contributed by atoms with E-state index in [9.17, 15) is 9.18 Å². The highest BCUT2D eigenvalue weighted by Gasteiger charge is 2.24. The number of para-hydroxylation sites is 1. The summed E-state index contributed by atoms with van der Waals surface area (Å²) in [6.07, 6.45) is 1.40. The van der Waals surface area contributed by atoms with Gasteiger partial charge in [-0.1, -0.05) is 48.5 Å². The molecule has 1 fully saturated rings. The number of rotatable bonds is 4. The van der Waals surface area contributed by atoms with E-state index >= 15 is 0 Å². The molecule has 36 heavy (non-hydrogen) atoms. The zero-order valence-corrected chi connectivity index (χ0v) is 19.7. The second kappa shape index (κ2) is 9.37. The van der Waals surface area contributed by atoms with Crippen LogP contribution in [0.25, 0.3) is 16.6 Å². The number of hydrogen-bond acceptors (Lipinski definition) is 5. The van der Waals surface area contributed by atoms with Gasteiger partial charge in [-0.3, -0.25) is 4.79 Å². The molecule has 6 rings (SSSR count). The van der Waals surface area contributed by atoms with Gasteiger partial charge in [-0.05, 0) is 42.3 Å². The maximum Gasteiger partial charge on any atom is 0.254 e. The summed E-state index contributed by atoms with van der Waals surface area (Å²) in [6.45, 7) is 2.45. The second-order valence-electron chi connectivity index (χ2n) is 9.01. The van der Waals surface area contributed by atoms with E-state index < -0.39 is 5.82 Å². The minimum atomic E-state index is -0.404. The van der Waals surface area contributed by atoms with Gasteiger partial charge in [0.25, 0.3) is 5.91 Å². The van der Waals surface area contributed by atoms with Crippen LogP contribution in [0, 0.1) is 5.82 Å². The molecular weight excluding hydrogens is 455 g/mol. The Morgan fingerprint density at radius 2 is 1.69 bits per heavy atom.